The molecule has 0 saturated carbocycles. The van der Waals surface area contributed by atoms with Crippen LogP contribution in [0.25, 0.3) is 5.69 Å². The van der Waals surface area contributed by atoms with Gasteiger partial charge in [0.2, 0.25) is 0 Å². The molecule has 1 aromatic heterocycles. The number of aromatic hydroxyl groups is 1. The number of hydrogen-bond acceptors (Lipinski definition) is 4. The molecular weight excluding hydrogens is 383 g/mol. The Labute approximate surface area is 157 Å². The van der Waals surface area contributed by atoms with Crippen LogP contribution >= 0.6 is 11.6 Å². The third kappa shape index (κ3) is 4.28. The maximum Gasteiger partial charge on any atom is 0.416 e. The number of phenolic OH excluding ortho intramolecular Hbond substituents is 1. The summed E-state index contributed by atoms with van der Waals surface area (Å²) < 4.78 is 39.7. The zero-order valence-corrected chi connectivity index (χ0v) is 14.7. The minimum absolute atomic E-state index is 0.00808. The van der Waals surface area contributed by atoms with E-state index in [1.54, 1.807) is 18.2 Å². The molecule has 3 rings (SSSR count). The van der Waals surface area contributed by atoms with Gasteiger partial charge < -0.3 is 5.11 Å². The number of phenols is 1. The summed E-state index contributed by atoms with van der Waals surface area (Å²) >= 11 is 5.94. The van der Waals surface area contributed by atoms with Gasteiger partial charge >= 0.3 is 6.18 Å². The fourth-order valence-electron chi connectivity index (χ4n) is 2.50. The van der Waals surface area contributed by atoms with Gasteiger partial charge in [0.15, 0.2) is 5.78 Å². The lowest BCUT2D eigenvalue weighted by Crippen LogP contribution is -2.06. The highest BCUT2D eigenvalue weighted by atomic mass is 35.5. The molecule has 0 fully saturated rings. The van der Waals surface area contributed by atoms with Crippen molar-refractivity contribution in [3.8, 4) is 11.4 Å². The Hall–Kier alpha value is -2.87. The van der Waals surface area contributed by atoms with Crippen molar-refractivity contribution in [2.45, 2.75) is 19.5 Å². The number of carbonyl (C=O) groups is 1. The van der Waals surface area contributed by atoms with E-state index in [1.165, 1.54) is 6.20 Å². The summed E-state index contributed by atoms with van der Waals surface area (Å²) in [7, 11) is 0. The molecule has 0 aliphatic rings. The zero-order chi connectivity index (χ0) is 19.8. The summed E-state index contributed by atoms with van der Waals surface area (Å²) in [6, 6.07) is 7.68. The number of halogens is 4. The van der Waals surface area contributed by atoms with E-state index in [9.17, 15) is 23.1 Å². The molecule has 0 bridgehead atoms. The number of benzene rings is 2. The number of alkyl halides is 3. The van der Waals surface area contributed by atoms with Gasteiger partial charge in [-0.1, -0.05) is 22.9 Å². The number of nitrogens with zero attached hydrogens (tertiary/aromatic N) is 3. The SMILES string of the molecule is Cc1ccc(Cl)cc1CC(=O)c1cn(-c2cc(O)cc(C(F)(F)F)c2)nn1. The van der Waals surface area contributed by atoms with Gasteiger partial charge in [-0.2, -0.15) is 13.2 Å². The van der Waals surface area contributed by atoms with Gasteiger partial charge in [-0.05, 0) is 42.3 Å². The first-order chi connectivity index (χ1) is 12.6. The first kappa shape index (κ1) is 18.9. The van der Waals surface area contributed by atoms with Crippen LogP contribution < -0.4 is 0 Å². The number of hydrogen-bond donors (Lipinski definition) is 1. The first-order valence-electron chi connectivity index (χ1n) is 7.75. The normalized spacial score (nSPS) is 11.6. The van der Waals surface area contributed by atoms with Crippen molar-refractivity contribution in [2.24, 2.45) is 0 Å². The van der Waals surface area contributed by atoms with Crippen molar-refractivity contribution in [1.82, 2.24) is 15.0 Å². The van der Waals surface area contributed by atoms with Crippen LogP contribution in [0.4, 0.5) is 13.2 Å². The van der Waals surface area contributed by atoms with E-state index in [-0.39, 0.29) is 23.6 Å². The molecular formula is C18H13ClF3N3O2. The van der Waals surface area contributed by atoms with Crippen LogP contribution in [0.15, 0.2) is 42.6 Å². The average Bonchev–Trinajstić information content (AvgIpc) is 3.07. The van der Waals surface area contributed by atoms with Crippen LogP contribution in [0.1, 0.15) is 27.2 Å². The van der Waals surface area contributed by atoms with Crippen LogP contribution in [0.5, 0.6) is 5.75 Å². The molecule has 0 spiro atoms. The van der Waals surface area contributed by atoms with Gasteiger partial charge in [-0.15, -0.1) is 5.10 Å². The second-order valence-corrected chi connectivity index (χ2v) is 6.39. The van der Waals surface area contributed by atoms with E-state index >= 15 is 0 Å². The Morgan fingerprint density at radius 3 is 2.67 bits per heavy atom. The van der Waals surface area contributed by atoms with Crippen LogP contribution in [0.3, 0.4) is 0 Å². The van der Waals surface area contributed by atoms with Crippen molar-refractivity contribution in [3.63, 3.8) is 0 Å². The van der Waals surface area contributed by atoms with Gasteiger partial charge in [-0.3, -0.25) is 4.79 Å². The standard InChI is InChI=1S/C18H13ClF3N3O2/c1-10-2-3-13(19)4-11(10)5-17(27)16-9-25(24-23-16)14-6-12(18(20,21)22)7-15(26)8-14/h2-4,6-9,26H,5H2,1H3. The summed E-state index contributed by atoms with van der Waals surface area (Å²) in [6.07, 6.45) is -3.38. The number of aromatic nitrogens is 3. The lowest BCUT2D eigenvalue weighted by molar-refractivity contribution is -0.137. The van der Waals surface area contributed by atoms with Gasteiger partial charge in [0.1, 0.15) is 11.4 Å². The molecule has 1 N–H and O–H groups in total. The number of carbonyl (C=O) groups excluding carboxylic acids is 1. The minimum Gasteiger partial charge on any atom is -0.508 e. The molecule has 0 saturated heterocycles. The molecule has 0 radical (unpaired) electrons. The van der Waals surface area contributed by atoms with E-state index in [2.05, 4.69) is 10.3 Å². The summed E-state index contributed by atoms with van der Waals surface area (Å²) in [4.78, 5) is 12.4. The summed E-state index contributed by atoms with van der Waals surface area (Å²) in [5.41, 5.74) is 0.497. The zero-order valence-electron chi connectivity index (χ0n) is 14.0. The van der Waals surface area contributed by atoms with Crippen molar-refractivity contribution in [3.05, 3.63) is 70.0 Å². The molecule has 0 amide bonds. The van der Waals surface area contributed by atoms with Crippen LogP contribution in [0.2, 0.25) is 5.02 Å². The maximum atomic E-state index is 12.9. The highest BCUT2D eigenvalue weighted by Crippen LogP contribution is 2.33. The molecule has 140 valence electrons. The summed E-state index contributed by atoms with van der Waals surface area (Å²) in [5.74, 6) is -0.930. The van der Waals surface area contributed by atoms with Gasteiger partial charge in [-0.25, -0.2) is 4.68 Å². The average molecular weight is 396 g/mol. The molecule has 1 heterocycles. The fraction of sp³-hybridized carbons (Fsp3) is 0.167. The highest BCUT2D eigenvalue weighted by Gasteiger charge is 2.31. The smallest absolute Gasteiger partial charge is 0.416 e. The van der Waals surface area contributed by atoms with Gasteiger partial charge in [0.25, 0.3) is 0 Å². The molecule has 0 atom stereocenters. The predicted molar refractivity (Wildman–Crippen MR) is 92.2 cm³/mol. The monoisotopic (exact) mass is 395 g/mol. The van der Waals surface area contributed by atoms with Crippen molar-refractivity contribution in [1.29, 1.82) is 0 Å². The number of aryl methyl sites for hydroxylation is 1. The second-order valence-electron chi connectivity index (χ2n) is 5.95. The quantitative estimate of drug-likeness (QED) is 0.666. The molecule has 9 heteroatoms. The topological polar surface area (TPSA) is 68.0 Å². The summed E-state index contributed by atoms with van der Waals surface area (Å²) in [5, 5.41) is 17.5. The van der Waals surface area contributed by atoms with E-state index in [0.717, 1.165) is 27.9 Å². The Balaban J connectivity index is 1.88. The van der Waals surface area contributed by atoms with Gasteiger partial charge in [0.05, 0.1) is 17.4 Å². The number of Topliss-reactive ketones (excluding diaryl/α,β-unsaturated/α-hetero) is 1. The van der Waals surface area contributed by atoms with E-state index in [1.807, 2.05) is 6.92 Å². The molecule has 3 aromatic rings. The predicted octanol–water partition coefficient (Wildman–Crippen LogP) is 4.38. The van der Waals surface area contributed by atoms with Crippen LogP contribution in [-0.2, 0) is 12.6 Å². The van der Waals surface area contributed by atoms with E-state index in [4.69, 9.17) is 11.6 Å². The lowest BCUT2D eigenvalue weighted by atomic mass is 10.0. The Morgan fingerprint density at radius 1 is 1.22 bits per heavy atom. The lowest BCUT2D eigenvalue weighted by Gasteiger charge is -2.09. The van der Waals surface area contributed by atoms with E-state index < -0.39 is 17.5 Å². The van der Waals surface area contributed by atoms with Crippen molar-refractivity contribution < 1.29 is 23.1 Å². The van der Waals surface area contributed by atoms with Crippen molar-refractivity contribution >= 4 is 17.4 Å². The van der Waals surface area contributed by atoms with Crippen molar-refractivity contribution in [2.75, 3.05) is 0 Å². The summed E-state index contributed by atoms with van der Waals surface area (Å²) in [6.45, 7) is 1.83. The number of ketones is 1. The highest BCUT2D eigenvalue weighted by molar-refractivity contribution is 6.30. The maximum absolute atomic E-state index is 12.9. The van der Waals surface area contributed by atoms with E-state index in [0.29, 0.717) is 11.1 Å². The molecule has 5 nitrogen and oxygen atoms in total. The molecule has 0 aliphatic heterocycles. The third-order valence-corrected chi connectivity index (χ3v) is 4.17. The Morgan fingerprint density at radius 2 is 1.96 bits per heavy atom. The largest absolute Gasteiger partial charge is 0.508 e. The molecule has 2 aromatic carbocycles. The molecule has 0 unspecified atom stereocenters. The Kier molecular flexibility index (Phi) is 4.93. The fourth-order valence-corrected chi connectivity index (χ4v) is 2.70. The minimum atomic E-state index is -4.63. The van der Waals surface area contributed by atoms with Gasteiger partial charge in [0, 0.05) is 17.5 Å². The molecule has 0 aliphatic carbocycles. The second kappa shape index (κ2) is 7.03. The number of rotatable bonds is 4. The first-order valence-corrected chi connectivity index (χ1v) is 8.13. The van der Waals surface area contributed by atoms with Crippen LogP contribution in [0, 0.1) is 6.92 Å². The Bertz CT molecular complexity index is 1020. The third-order valence-electron chi connectivity index (χ3n) is 3.94. The molecule has 27 heavy (non-hydrogen) atoms. The van der Waals surface area contributed by atoms with Crippen LogP contribution in [-0.4, -0.2) is 25.9 Å².